The molecule has 2 N–H and O–H groups in total. The summed E-state index contributed by atoms with van der Waals surface area (Å²) in [6, 6.07) is 17.1. The maximum Gasteiger partial charge on any atom is 0.416 e. The number of methoxy groups -OCH3 is 1. The van der Waals surface area contributed by atoms with Crippen molar-refractivity contribution in [1.82, 2.24) is 14.9 Å². The van der Waals surface area contributed by atoms with Crippen molar-refractivity contribution in [2.75, 3.05) is 20.3 Å². The van der Waals surface area contributed by atoms with Gasteiger partial charge in [-0.05, 0) is 48.0 Å². The van der Waals surface area contributed by atoms with Gasteiger partial charge in [-0.2, -0.15) is 13.2 Å². The first-order chi connectivity index (χ1) is 17.3. The molecule has 0 bridgehead atoms. The molecule has 188 valence electrons. The number of carbonyl (C=O) groups is 1. The summed E-state index contributed by atoms with van der Waals surface area (Å²) in [5.74, 6) is 1.22. The summed E-state index contributed by atoms with van der Waals surface area (Å²) in [5, 5.41) is 11.5. The SMILES string of the molecule is COc1ccccc1OCc1nc2cc(C(=O)NCCO)ccc2n1Cc1ccc(C(F)(F)F)cc1. The Hall–Kier alpha value is -4.05. The highest BCUT2D eigenvalue weighted by atomic mass is 19.4. The number of hydrogen-bond acceptors (Lipinski definition) is 5. The first-order valence-corrected chi connectivity index (χ1v) is 11.1. The average molecular weight is 499 g/mol. The first-order valence-electron chi connectivity index (χ1n) is 11.1. The van der Waals surface area contributed by atoms with E-state index in [0.29, 0.717) is 39.5 Å². The fourth-order valence-corrected chi connectivity index (χ4v) is 3.74. The maximum absolute atomic E-state index is 13.0. The van der Waals surface area contributed by atoms with E-state index in [4.69, 9.17) is 14.6 Å². The van der Waals surface area contributed by atoms with Crippen LogP contribution in [0.5, 0.6) is 11.5 Å². The van der Waals surface area contributed by atoms with Crippen molar-refractivity contribution >= 4 is 16.9 Å². The molecule has 7 nitrogen and oxygen atoms in total. The van der Waals surface area contributed by atoms with Crippen molar-refractivity contribution in [3.8, 4) is 11.5 Å². The number of aliphatic hydroxyl groups excluding tert-OH is 1. The summed E-state index contributed by atoms with van der Waals surface area (Å²) < 4.78 is 52.1. The van der Waals surface area contributed by atoms with Gasteiger partial charge in [0, 0.05) is 18.7 Å². The molecule has 0 aliphatic heterocycles. The minimum Gasteiger partial charge on any atom is -0.493 e. The molecule has 0 atom stereocenters. The Bertz CT molecular complexity index is 1350. The number of carbonyl (C=O) groups excluding carboxylic acids is 1. The third-order valence-electron chi connectivity index (χ3n) is 5.53. The van der Waals surface area contributed by atoms with E-state index in [-0.39, 0.29) is 32.2 Å². The van der Waals surface area contributed by atoms with Gasteiger partial charge in [0.15, 0.2) is 11.5 Å². The number of aromatic nitrogens is 2. The number of benzene rings is 3. The second kappa shape index (κ2) is 10.7. The van der Waals surface area contributed by atoms with E-state index in [2.05, 4.69) is 10.3 Å². The summed E-state index contributed by atoms with van der Waals surface area (Å²) in [7, 11) is 1.53. The molecule has 0 aliphatic rings. The topological polar surface area (TPSA) is 85.6 Å². The van der Waals surface area contributed by atoms with E-state index in [1.54, 1.807) is 36.4 Å². The Morgan fingerprint density at radius 2 is 1.78 bits per heavy atom. The molecule has 0 spiro atoms. The summed E-state index contributed by atoms with van der Waals surface area (Å²) >= 11 is 0. The van der Waals surface area contributed by atoms with Gasteiger partial charge in [0.25, 0.3) is 5.91 Å². The quantitative estimate of drug-likeness (QED) is 0.356. The molecule has 4 aromatic rings. The van der Waals surface area contributed by atoms with Crippen LogP contribution in [0.15, 0.2) is 66.7 Å². The number of imidazole rings is 1. The van der Waals surface area contributed by atoms with E-state index >= 15 is 0 Å². The molecule has 0 saturated carbocycles. The highest BCUT2D eigenvalue weighted by molar-refractivity contribution is 5.97. The number of rotatable bonds is 9. The molecule has 0 radical (unpaired) electrons. The molecule has 0 saturated heterocycles. The van der Waals surface area contributed by atoms with Crippen molar-refractivity contribution in [2.24, 2.45) is 0 Å². The normalized spacial score (nSPS) is 11.5. The van der Waals surface area contributed by atoms with Crippen LogP contribution < -0.4 is 14.8 Å². The van der Waals surface area contributed by atoms with Crippen LogP contribution in [0.25, 0.3) is 11.0 Å². The molecule has 36 heavy (non-hydrogen) atoms. The zero-order valence-electron chi connectivity index (χ0n) is 19.4. The number of amides is 1. The molecular weight excluding hydrogens is 475 g/mol. The van der Waals surface area contributed by atoms with E-state index in [9.17, 15) is 18.0 Å². The molecule has 1 heterocycles. The zero-order chi connectivity index (χ0) is 25.7. The lowest BCUT2D eigenvalue weighted by Gasteiger charge is -2.13. The number of alkyl halides is 3. The third kappa shape index (κ3) is 5.60. The van der Waals surface area contributed by atoms with Gasteiger partial charge in [0.1, 0.15) is 12.4 Å². The third-order valence-corrected chi connectivity index (χ3v) is 5.53. The molecule has 0 fully saturated rings. The minimum absolute atomic E-state index is 0.0573. The van der Waals surface area contributed by atoms with Crippen molar-refractivity contribution in [2.45, 2.75) is 19.3 Å². The van der Waals surface area contributed by atoms with E-state index in [1.807, 2.05) is 10.6 Å². The Kier molecular flexibility index (Phi) is 7.44. The number of fused-ring (bicyclic) bond motifs is 1. The number of para-hydroxylation sites is 2. The zero-order valence-corrected chi connectivity index (χ0v) is 19.4. The second-order valence-electron chi connectivity index (χ2n) is 7.93. The lowest BCUT2D eigenvalue weighted by atomic mass is 10.1. The predicted molar refractivity (Wildman–Crippen MR) is 127 cm³/mol. The summed E-state index contributed by atoms with van der Waals surface area (Å²) in [6.45, 7) is 0.244. The van der Waals surface area contributed by atoms with Gasteiger partial charge >= 0.3 is 6.18 Å². The second-order valence-corrected chi connectivity index (χ2v) is 7.93. The van der Waals surface area contributed by atoms with Gasteiger partial charge in [-0.1, -0.05) is 24.3 Å². The Balaban J connectivity index is 1.68. The largest absolute Gasteiger partial charge is 0.493 e. The van der Waals surface area contributed by atoms with Gasteiger partial charge in [-0.3, -0.25) is 4.79 Å². The number of aliphatic hydroxyl groups is 1. The molecule has 0 aliphatic carbocycles. The van der Waals surface area contributed by atoms with Gasteiger partial charge < -0.3 is 24.5 Å². The van der Waals surface area contributed by atoms with Gasteiger partial charge in [-0.15, -0.1) is 0 Å². The van der Waals surface area contributed by atoms with Gasteiger partial charge in [-0.25, -0.2) is 4.98 Å². The first kappa shape index (κ1) is 25.1. The monoisotopic (exact) mass is 499 g/mol. The molecule has 1 aromatic heterocycles. The van der Waals surface area contributed by atoms with Crippen molar-refractivity contribution in [3.05, 3.63) is 89.2 Å². The van der Waals surface area contributed by atoms with Crippen LogP contribution >= 0.6 is 0 Å². The van der Waals surface area contributed by atoms with Gasteiger partial charge in [0.2, 0.25) is 0 Å². The van der Waals surface area contributed by atoms with Gasteiger partial charge in [0.05, 0.1) is 30.3 Å². The maximum atomic E-state index is 13.0. The summed E-state index contributed by atoms with van der Waals surface area (Å²) in [5.41, 5.74) is 1.50. The standard InChI is InChI=1S/C26H24F3N3O4/c1-35-22-4-2-3-5-23(22)36-16-24-31-20-14-18(25(34)30-12-13-33)8-11-21(20)32(24)15-17-6-9-19(10-7-17)26(27,28)29/h2-11,14,33H,12-13,15-16H2,1H3,(H,30,34). The van der Waals surface area contributed by atoms with E-state index in [0.717, 1.165) is 12.1 Å². The summed E-state index contributed by atoms with van der Waals surface area (Å²) in [4.78, 5) is 17.0. The predicted octanol–water partition coefficient (Wildman–Crippen LogP) is 4.41. The van der Waals surface area contributed by atoms with Crippen molar-refractivity contribution in [1.29, 1.82) is 0 Å². The number of hydrogen-bond donors (Lipinski definition) is 2. The number of nitrogens with zero attached hydrogens (tertiary/aromatic N) is 2. The van der Waals surface area contributed by atoms with Crippen molar-refractivity contribution < 1.29 is 32.5 Å². The Morgan fingerprint density at radius 3 is 2.44 bits per heavy atom. The van der Waals surface area contributed by atoms with Crippen LogP contribution in [0.3, 0.4) is 0 Å². The Labute approximate surface area is 205 Å². The molecule has 10 heteroatoms. The van der Waals surface area contributed by atoms with Crippen LogP contribution in [-0.4, -0.2) is 40.8 Å². The van der Waals surface area contributed by atoms with E-state index in [1.165, 1.54) is 19.2 Å². The van der Waals surface area contributed by atoms with Crippen molar-refractivity contribution in [3.63, 3.8) is 0 Å². The molecule has 1 amide bonds. The highest BCUT2D eigenvalue weighted by Crippen LogP contribution is 2.30. The van der Waals surface area contributed by atoms with E-state index < -0.39 is 11.7 Å². The number of nitrogens with one attached hydrogen (secondary N) is 1. The highest BCUT2D eigenvalue weighted by Gasteiger charge is 2.30. The fourth-order valence-electron chi connectivity index (χ4n) is 3.74. The fraction of sp³-hybridized carbons (Fsp3) is 0.231. The molecule has 3 aromatic carbocycles. The van der Waals surface area contributed by atoms with Crippen LogP contribution in [0.4, 0.5) is 13.2 Å². The lowest BCUT2D eigenvalue weighted by Crippen LogP contribution is -2.26. The van der Waals surface area contributed by atoms with Crippen LogP contribution in [-0.2, 0) is 19.3 Å². The number of halogens is 3. The lowest BCUT2D eigenvalue weighted by molar-refractivity contribution is -0.137. The smallest absolute Gasteiger partial charge is 0.416 e. The minimum atomic E-state index is -4.42. The Morgan fingerprint density at radius 1 is 1.06 bits per heavy atom. The average Bonchev–Trinajstić information content (AvgIpc) is 3.22. The van der Waals surface area contributed by atoms with Crippen LogP contribution in [0, 0.1) is 0 Å². The summed E-state index contributed by atoms with van der Waals surface area (Å²) in [6.07, 6.45) is -4.42. The molecular formula is C26H24F3N3O4. The molecule has 4 rings (SSSR count). The van der Waals surface area contributed by atoms with Crippen LogP contribution in [0.2, 0.25) is 0 Å². The molecule has 0 unspecified atom stereocenters. The number of ether oxygens (including phenoxy) is 2. The van der Waals surface area contributed by atoms with Crippen LogP contribution in [0.1, 0.15) is 27.3 Å².